The van der Waals surface area contributed by atoms with Crippen molar-refractivity contribution in [3.63, 3.8) is 0 Å². The summed E-state index contributed by atoms with van der Waals surface area (Å²) in [5, 5.41) is 10.1. The van der Waals surface area contributed by atoms with Crippen LogP contribution in [0.2, 0.25) is 0 Å². The number of thiazole rings is 1. The van der Waals surface area contributed by atoms with Crippen LogP contribution in [0.3, 0.4) is 0 Å². The third-order valence-electron chi connectivity index (χ3n) is 3.51. The van der Waals surface area contributed by atoms with E-state index in [1.165, 1.54) is 5.56 Å². The van der Waals surface area contributed by atoms with Crippen LogP contribution < -0.4 is 16.0 Å². The normalized spacial score (nSPS) is 16.6. The summed E-state index contributed by atoms with van der Waals surface area (Å²) in [6.07, 6.45) is 0.673. The van der Waals surface area contributed by atoms with Crippen molar-refractivity contribution >= 4 is 29.2 Å². The molecule has 8 heteroatoms. The summed E-state index contributed by atoms with van der Waals surface area (Å²) in [7, 11) is 0. The van der Waals surface area contributed by atoms with Crippen LogP contribution >= 0.6 is 11.3 Å². The topological polar surface area (TPSA) is 100 Å². The predicted molar refractivity (Wildman–Crippen MR) is 88.3 cm³/mol. The van der Waals surface area contributed by atoms with Gasteiger partial charge in [0.1, 0.15) is 6.04 Å². The molecule has 4 amide bonds. The van der Waals surface area contributed by atoms with Gasteiger partial charge in [-0.25, -0.2) is 9.78 Å². The molecule has 2 heterocycles. The number of carbonyl (C=O) groups excluding carboxylic acids is 3. The number of nitrogens with one attached hydrogen (secondary N) is 3. The van der Waals surface area contributed by atoms with Crippen LogP contribution in [0.5, 0.6) is 0 Å². The Hall–Kier alpha value is -2.74. The van der Waals surface area contributed by atoms with Crippen molar-refractivity contribution < 1.29 is 14.4 Å². The Balaban J connectivity index is 1.47. The first-order valence-corrected chi connectivity index (χ1v) is 8.33. The number of amides is 4. The lowest BCUT2D eigenvalue weighted by atomic mass is 10.2. The van der Waals surface area contributed by atoms with E-state index in [1.54, 1.807) is 11.3 Å². The maximum atomic E-state index is 11.9. The number of hydrogen-bond donors (Lipinski definition) is 3. The minimum Gasteiger partial charge on any atom is -0.350 e. The van der Waals surface area contributed by atoms with Gasteiger partial charge in [-0.15, -0.1) is 11.3 Å². The molecule has 124 valence electrons. The van der Waals surface area contributed by atoms with Gasteiger partial charge in [0.05, 0.1) is 23.7 Å². The molecule has 7 nitrogen and oxygen atoms in total. The van der Waals surface area contributed by atoms with E-state index < -0.39 is 18.0 Å². The summed E-state index contributed by atoms with van der Waals surface area (Å²) in [4.78, 5) is 38.7. The minimum absolute atomic E-state index is 0.0847. The van der Waals surface area contributed by atoms with E-state index in [0.717, 1.165) is 17.1 Å². The second kappa shape index (κ2) is 7.22. The standard InChI is InChI=1S/C16H16N4O3S/c21-13(7-12-15(22)20-16(23)19-12)17-8-11-9-24-14(18-11)6-10-4-2-1-3-5-10/h1-5,9,12H,6-8H2,(H,17,21)(H2,19,20,22,23). The largest absolute Gasteiger partial charge is 0.350 e. The van der Waals surface area contributed by atoms with Gasteiger partial charge < -0.3 is 10.6 Å². The summed E-state index contributed by atoms with van der Waals surface area (Å²) in [5.74, 6) is -0.788. The lowest BCUT2D eigenvalue weighted by Gasteiger charge is -2.07. The monoisotopic (exact) mass is 344 g/mol. The van der Waals surface area contributed by atoms with Crippen molar-refractivity contribution in [2.24, 2.45) is 0 Å². The van der Waals surface area contributed by atoms with Crippen molar-refractivity contribution in [2.75, 3.05) is 0 Å². The van der Waals surface area contributed by atoms with Gasteiger partial charge in [0.25, 0.3) is 5.91 Å². The zero-order chi connectivity index (χ0) is 16.9. The van der Waals surface area contributed by atoms with Crippen molar-refractivity contribution in [3.05, 3.63) is 52.0 Å². The highest BCUT2D eigenvalue weighted by Crippen LogP contribution is 2.14. The Morgan fingerprint density at radius 2 is 2.04 bits per heavy atom. The molecule has 1 unspecified atom stereocenters. The molecule has 3 N–H and O–H groups in total. The van der Waals surface area contributed by atoms with E-state index >= 15 is 0 Å². The molecule has 0 bridgehead atoms. The van der Waals surface area contributed by atoms with E-state index in [9.17, 15) is 14.4 Å². The summed E-state index contributed by atoms with van der Waals surface area (Å²) >= 11 is 1.55. The summed E-state index contributed by atoms with van der Waals surface area (Å²) in [6.45, 7) is 0.298. The molecule has 1 saturated heterocycles. The highest BCUT2D eigenvalue weighted by Gasteiger charge is 2.31. The second-order valence-electron chi connectivity index (χ2n) is 5.39. The first kappa shape index (κ1) is 16.1. The first-order chi connectivity index (χ1) is 11.6. The van der Waals surface area contributed by atoms with Crippen LogP contribution in [0.4, 0.5) is 4.79 Å². The Bertz CT molecular complexity index is 760. The molecule has 3 rings (SSSR count). The summed E-state index contributed by atoms with van der Waals surface area (Å²) in [5.41, 5.74) is 1.96. The van der Waals surface area contributed by atoms with E-state index in [4.69, 9.17) is 0 Å². The van der Waals surface area contributed by atoms with Gasteiger partial charge >= 0.3 is 6.03 Å². The molecule has 2 aromatic rings. The van der Waals surface area contributed by atoms with E-state index in [0.29, 0.717) is 6.54 Å². The fourth-order valence-electron chi connectivity index (χ4n) is 2.33. The number of rotatable bonds is 6. The van der Waals surface area contributed by atoms with Gasteiger partial charge in [-0.2, -0.15) is 0 Å². The van der Waals surface area contributed by atoms with Crippen LogP contribution in [0, 0.1) is 0 Å². The fraction of sp³-hybridized carbons (Fsp3) is 0.250. The molecular formula is C16H16N4O3S. The van der Waals surface area contributed by atoms with Crippen molar-refractivity contribution in [3.8, 4) is 0 Å². The van der Waals surface area contributed by atoms with Crippen molar-refractivity contribution in [1.82, 2.24) is 20.9 Å². The average Bonchev–Trinajstić information content (AvgIpc) is 3.13. The number of hydrogen-bond acceptors (Lipinski definition) is 5. The third-order valence-corrected chi connectivity index (χ3v) is 4.41. The molecule has 1 aliphatic heterocycles. The molecule has 1 atom stereocenters. The molecule has 1 fully saturated rings. The Labute approximate surface area is 142 Å². The zero-order valence-electron chi connectivity index (χ0n) is 12.7. The summed E-state index contributed by atoms with van der Waals surface area (Å²) < 4.78 is 0. The maximum absolute atomic E-state index is 11.9. The number of nitrogens with zero attached hydrogens (tertiary/aromatic N) is 1. The maximum Gasteiger partial charge on any atom is 0.322 e. The second-order valence-corrected chi connectivity index (χ2v) is 6.33. The number of benzene rings is 1. The van der Waals surface area contributed by atoms with Gasteiger partial charge in [0, 0.05) is 11.8 Å². The number of urea groups is 1. The number of aromatic nitrogens is 1. The van der Waals surface area contributed by atoms with Gasteiger partial charge in [-0.1, -0.05) is 30.3 Å². The SMILES string of the molecule is O=C(CC1NC(=O)NC1=O)NCc1csc(Cc2ccccc2)n1. The smallest absolute Gasteiger partial charge is 0.322 e. The van der Waals surface area contributed by atoms with E-state index in [2.05, 4.69) is 20.9 Å². The first-order valence-electron chi connectivity index (χ1n) is 7.45. The molecule has 1 aromatic carbocycles. The molecule has 1 aliphatic rings. The van der Waals surface area contributed by atoms with Crippen LogP contribution in [0.25, 0.3) is 0 Å². The lowest BCUT2D eigenvalue weighted by Crippen LogP contribution is -2.36. The molecule has 0 aliphatic carbocycles. The van der Waals surface area contributed by atoms with E-state index in [-0.39, 0.29) is 12.3 Å². The van der Waals surface area contributed by atoms with E-state index in [1.807, 2.05) is 35.7 Å². The fourth-order valence-corrected chi connectivity index (χ4v) is 3.16. The van der Waals surface area contributed by atoms with Gasteiger partial charge in [-0.3, -0.25) is 14.9 Å². The molecule has 0 saturated carbocycles. The van der Waals surface area contributed by atoms with Crippen molar-refractivity contribution in [1.29, 1.82) is 0 Å². The lowest BCUT2D eigenvalue weighted by molar-refractivity contribution is -0.126. The minimum atomic E-state index is -0.804. The molecule has 1 aromatic heterocycles. The van der Waals surface area contributed by atoms with Crippen LogP contribution in [0.15, 0.2) is 35.7 Å². The average molecular weight is 344 g/mol. The Kier molecular flexibility index (Phi) is 4.85. The highest BCUT2D eigenvalue weighted by molar-refractivity contribution is 7.09. The highest BCUT2D eigenvalue weighted by atomic mass is 32.1. The van der Waals surface area contributed by atoms with Gasteiger partial charge in [-0.05, 0) is 5.56 Å². The molecule has 24 heavy (non-hydrogen) atoms. The zero-order valence-corrected chi connectivity index (χ0v) is 13.6. The van der Waals surface area contributed by atoms with Crippen LogP contribution in [-0.2, 0) is 22.6 Å². The third kappa shape index (κ3) is 4.17. The van der Waals surface area contributed by atoms with Gasteiger partial charge in [0.2, 0.25) is 5.91 Å². The van der Waals surface area contributed by atoms with Crippen LogP contribution in [0.1, 0.15) is 22.7 Å². The number of imide groups is 1. The molecule has 0 radical (unpaired) electrons. The summed E-state index contributed by atoms with van der Waals surface area (Å²) in [6, 6.07) is 8.67. The molecular weight excluding hydrogens is 328 g/mol. The Morgan fingerprint density at radius 3 is 2.75 bits per heavy atom. The van der Waals surface area contributed by atoms with Crippen LogP contribution in [-0.4, -0.2) is 28.9 Å². The van der Waals surface area contributed by atoms with Gasteiger partial charge in [0.15, 0.2) is 0 Å². The molecule has 0 spiro atoms. The van der Waals surface area contributed by atoms with Crippen molar-refractivity contribution in [2.45, 2.75) is 25.4 Å². The predicted octanol–water partition coefficient (Wildman–Crippen LogP) is 0.948. The quantitative estimate of drug-likeness (QED) is 0.679. The Morgan fingerprint density at radius 1 is 1.25 bits per heavy atom. The number of carbonyl (C=O) groups is 3.